The van der Waals surface area contributed by atoms with E-state index in [2.05, 4.69) is 15.4 Å². The molecule has 3 aromatic carbocycles. The lowest BCUT2D eigenvalue weighted by atomic mass is 10.2. The molecule has 178 valence electrons. The lowest BCUT2D eigenvalue weighted by Gasteiger charge is -2.11. The number of sulfonamides is 1. The summed E-state index contributed by atoms with van der Waals surface area (Å²) < 4.78 is 37.6. The summed E-state index contributed by atoms with van der Waals surface area (Å²) in [6.07, 6.45) is -0.651. The van der Waals surface area contributed by atoms with Gasteiger partial charge in [0.15, 0.2) is 0 Å². The third kappa shape index (κ3) is 7.41. The minimum Gasteiger partial charge on any atom is -0.447 e. The van der Waals surface area contributed by atoms with Crippen molar-refractivity contribution in [2.75, 3.05) is 31.0 Å². The van der Waals surface area contributed by atoms with E-state index in [4.69, 9.17) is 9.47 Å². The van der Waals surface area contributed by atoms with Crippen LogP contribution in [0.15, 0.2) is 83.8 Å². The Hall–Kier alpha value is -3.73. The fourth-order valence-electron chi connectivity index (χ4n) is 2.91. The highest BCUT2D eigenvalue weighted by molar-refractivity contribution is 7.89. The van der Waals surface area contributed by atoms with Crippen molar-refractivity contribution < 1.29 is 27.5 Å². The van der Waals surface area contributed by atoms with Crippen LogP contribution >= 0.6 is 0 Å². The van der Waals surface area contributed by atoms with E-state index < -0.39 is 22.0 Å². The molecule has 0 saturated carbocycles. The predicted molar refractivity (Wildman–Crippen MR) is 128 cm³/mol. The number of carbonyl (C=O) groups excluding carboxylic acids is 2. The molecule has 0 fully saturated rings. The van der Waals surface area contributed by atoms with Crippen molar-refractivity contribution in [1.29, 1.82) is 0 Å². The van der Waals surface area contributed by atoms with Crippen LogP contribution in [0.5, 0.6) is 0 Å². The zero-order chi connectivity index (χ0) is 24.4. The topological polar surface area (TPSA) is 123 Å². The lowest BCUT2D eigenvalue weighted by molar-refractivity contribution is 0.102. The highest BCUT2D eigenvalue weighted by atomic mass is 32.2. The number of hydrogen-bond acceptors (Lipinski definition) is 6. The standard InChI is InChI=1S/C24H25N3O6S/c1-32-13-14-33-24(29)27-21-11-6-10-20(16-21)26-23(28)19-9-5-12-22(15-19)34(30,31)25-17-18-7-3-2-4-8-18/h2-12,15-16,25H,13-14,17H2,1H3,(H,26,28)(H,27,29). The van der Waals surface area contributed by atoms with Crippen LogP contribution in [0.3, 0.4) is 0 Å². The van der Waals surface area contributed by atoms with Gasteiger partial charge in [0.05, 0.1) is 11.5 Å². The monoisotopic (exact) mass is 483 g/mol. The number of benzene rings is 3. The fraction of sp³-hybridized carbons (Fsp3) is 0.167. The van der Waals surface area contributed by atoms with Crippen LogP contribution in [0.1, 0.15) is 15.9 Å². The number of anilines is 2. The lowest BCUT2D eigenvalue weighted by Crippen LogP contribution is -2.23. The van der Waals surface area contributed by atoms with Gasteiger partial charge in [0.1, 0.15) is 6.61 Å². The molecule has 0 aliphatic rings. The van der Waals surface area contributed by atoms with Crippen molar-refractivity contribution in [3.63, 3.8) is 0 Å². The second-order valence-corrected chi connectivity index (χ2v) is 8.89. The normalized spacial score (nSPS) is 11.0. The van der Waals surface area contributed by atoms with E-state index in [1.54, 1.807) is 24.3 Å². The maximum absolute atomic E-state index is 12.7. The third-order valence-corrected chi connectivity index (χ3v) is 6.00. The molecule has 0 saturated heterocycles. The number of amides is 2. The Morgan fingerprint density at radius 3 is 2.26 bits per heavy atom. The van der Waals surface area contributed by atoms with Crippen molar-refractivity contribution in [3.8, 4) is 0 Å². The summed E-state index contributed by atoms with van der Waals surface area (Å²) in [5.74, 6) is -0.500. The second kappa shape index (κ2) is 11.9. The van der Waals surface area contributed by atoms with Gasteiger partial charge in [-0.25, -0.2) is 17.9 Å². The number of carbonyl (C=O) groups is 2. The van der Waals surface area contributed by atoms with Crippen LogP contribution in [-0.4, -0.2) is 40.7 Å². The summed E-state index contributed by atoms with van der Waals surface area (Å²) in [6.45, 7) is 0.519. The molecule has 10 heteroatoms. The average Bonchev–Trinajstić information content (AvgIpc) is 2.84. The summed E-state index contributed by atoms with van der Waals surface area (Å²) in [5.41, 5.74) is 1.81. The fourth-order valence-corrected chi connectivity index (χ4v) is 3.97. The van der Waals surface area contributed by atoms with E-state index in [0.29, 0.717) is 11.4 Å². The number of hydrogen-bond donors (Lipinski definition) is 3. The van der Waals surface area contributed by atoms with Crippen LogP contribution in [0.4, 0.5) is 16.2 Å². The van der Waals surface area contributed by atoms with Gasteiger partial charge in [-0.15, -0.1) is 0 Å². The maximum atomic E-state index is 12.7. The Bertz CT molecular complexity index is 1230. The Kier molecular flexibility index (Phi) is 8.74. The smallest absolute Gasteiger partial charge is 0.411 e. The van der Waals surface area contributed by atoms with E-state index in [-0.39, 0.29) is 30.2 Å². The molecule has 2 amide bonds. The quantitative estimate of drug-likeness (QED) is 0.379. The summed E-state index contributed by atoms with van der Waals surface area (Å²) in [6, 6.07) is 21.3. The van der Waals surface area contributed by atoms with E-state index in [1.807, 2.05) is 30.3 Å². The molecule has 0 unspecified atom stereocenters. The molecule has 0 aromatic heterocycles. The molecular weight excluding hydrogens is 458 g/mol. The SMILES string of the molecule is COCCOC(=O)Nc1cccc(NC(=O)c2cccc(S(=O)(=O)NCc3ccccc3)c2)c1. The molecule has 0 aliphatic carbocycles. The van der Waals surface area contributed by atoms with E-state index >= 15 is 0 Å². The van der Waals surface area contributed by atoms with Crippen LogP contribution in [-0.2, 0) is 26.0 Å². The zero-order valence-electron chi connectivity index (χ0n) is 18.5. The van der Waals surface area contributed by atoms with Crippen LogP contribution in [0, 0.1) is 0 Å². The first-order valence-corrected chi connectivity index (χ1v) is 11.8. The summed E-state index contributed by atoms with van der Waals surface area (Å²) >= 11 is 0. The van der Waals surface area contributed by atoms with Gasteiger partial charge < -0.3 is 14.8 Å². The molecule has 3 aromatic rings. The maximum Gasteiger partial charge on any atom is 0.411 e. The Morgan fingerprint density at radius 1 is 0.824 bits per heavy atom. The summed E-state index contributed by atoms with van der Waals surface area (Å²) in [5, 5.41) is 5.25. The molecule has 0 heterocycles. The Balaban J connectivity index is 1.64. The number of methoxy groups -OCH3 is 1. The van der Waals surface area contributed by atoms with Crippen molar-refractivity contribution in [1.82, 2.24) is 4.72 Å². The number of nitrogens with one attached hydrogen (secondary N) is 3. The van der Waals surface area contributed by atoms with Crippen molar-refractivity contribution in [2.24, 2.45) is 0 Å². The first kappa shape index (κ1) is 24.9. The predicted octanol–water partition coefficient (Wildman–Crippen LogP) is 3.61. The minimum atomic E-state index is -3.82. The van der Waals surface area contributed by atoms with E-state index in [9.17, 15) is 18.0 Å². The second-order valence-electron chi connectivity index (χ2n) is 7.13. The average molecular weight is 484 g/mol. The van der Waals surface area contributed by atoms with E-state index in [0.717, 1.165) is 5.56 Å². The highest BCUT2D eigenvalue weighted by Gasteiger charge is 2.16. The molecular formula is C24H25N3O6S. The summed E-state index contributed by atoms with van der Waals surface area (Å²) in [4.78, 5) is 24.5. The minimum absolute atomic E-state index is 0.0229. The Morgan fingerprint density at radius 2 is 1.53 bits per heavy atom. The van der Waals surface area contributed by atoms with Gasteiger partial charge in [0.2, 0.25) is 10.0 Å². The molecule has 0 radical (unpaired) electrons. The van der Waals surface area contributed by atoms with Gasteiger partial charge in [0.25, 0.3) is 5.91 Å². The molecule has 0 atom stereocenters. The van der Waals surface area contributed by atoms with Gasteiger partial charge in [-0.2, -0.15) is 0 Å². The van der Waals surface area contributed by atoms with Crippen LogP contribution in [0.2, 0.25) is 0 Å². The molecule has 0 aliphatic heterocycles. The van der Waals surface area contributed by atoms with Crippen molar-refractivity contribution in [3.05, 3.63) is 90.0 Å². The Labute approximate surface area is 198 Å². The first-order chi connectivity index (χ1) is 16.4. The molecule has 3 N–H and O–H groups in total. The van der Waals surface area contributed by atoms with Crippen LogP contribution < -0.4 is 15.4 Å². The zero-order valence-corrected chi connectivity index (χ0v) is 19.3. The van der Waals surface area contributed by atoms with Gasteiger partial charge in [-0.05, 0) is 42.0 Å². The molecule has 34 heavy (non-hydrogen) atoms. The largest absolute Gasteiger partial charge is 0.447 e. The summed E-state index contributed by atoms with van der Waals surface area (Å²) in [7, 11) is -2.32. The van der Waals surface area contributed by atoms with Crippen LogP contribution in [0.25, 0.3) is 0 Å². The van der Waals surface area contributed by atoms with Crippen molar-refractivity contribution >= 4 is 33.4 Å². The van der Waals surface area contributed by atoms with Gasteiger partial charge in [-0.1, -0.05) is 42.5 Å². The van der Waals surface area contributed by atoms with Crippen molar-refractivity contribution in [2.45, 2.75) is 11.4 Å². The molecule has 0 spiro atoms. The highest BCUT2D eigenvalue weighted by Crippen LogP contribution is 2.18. The van der Waals surface area contributed by atoms with E-state index in [1.165, 1.54) is 31.4 Å². The molecule has 3 rings (SSSR count). The number of rotatable bonds is 10. The number of ether oxygens (including phenoxy) is 2. The molecule has 0 bridgehead atoms. The van der Waals surface area contributed by atoms with Gasteiger partial charge in [-0.3, -0.25) is 10.1 Å². The third-order valence-electron chi connectivity index (χ3n) is 4.60. The molecule has 9 nitrogen and oxygen atoms in total. The van der Waals surface area contributed by atoms with Gasteiger partial charge >= 0.3 is 6.09 Å². The van der Waals surface area contributed by atoms with Gasteiger partial charge in [0, 0.05) is 30.6 Å². The first-order valence-electron chi connectivity index (χ1n) is 10.4.